The zero-order valence-electron chi connectivity index (χ0n) is 18.0. The van der Waals surface area contributed by atoms with Crippen LogP contribution in [-0.4, -0.2) is 9.97 Å². The minimum absolute atomic E-state index is 1.02. The molecule has 0 saturated carbocycles. The predicted molar refractivity (Wildman–Crippen MR) is 146 cm³/mol. The van der Waals surface area contributed by atoms with E-state index in [9.17, 15) is 0 Å². The zero-order chi connectivity index (χ0) is 22.2. The van der Waals surface area contributed by atoms with Gasteiger partial charge in [-0.3, -0.25) is 0 Å². The van der Waals surface area contributed by atoms with Crippen LogP contribution in [0.5, 0.6) is 0 Å². The number of aromatic nitrogens is 2. The third kappa shape index (κ3) is 3.99. The Bertz CT molecular complexity index is 1650. The number of fused-ring (bicyclic) bond motifs is 5. The Labute approximate surface area is 200 Å². The molecule has 0 radical (unpaired) electrons. The van der Waals surface area contributed by atoms with Gasteiger partial charge in [0.05, 0.1) is 20.4 Å². The lowest BCUT2D eigenvalue weighted by atomic mass is 10.1. The number of thiazole rings is 2. The highest BCUT2D eigenvalue weighted by Crippen LogP contribution is 2.37. The van der Waals surface area contributed by atoms with Gasteiger partial charge in [-0.05, 0) is 42.3 Å². The van der Waals surface area contributed by atoms with Crippen molar-refractivity contribution in [3.05, 3.63) is 106 Å². The van der Waals surface area contributed by atoms with Crippen molar-refractivity contribution in [3.8, 4) is 0 Å². The molecule has 0 bridgehead atoms. The van der Waals surface area contributed by atoms with Crippen LogP contribution in [0.3, 0.4) is 0 Å². The number of nitrogens with zero attached hydrogens (tertiary/aromatic N) is 2. The Balaban J connectivity index is 1.38. The van der Waals surface area contributed by atoms with Crippen molar-refractivity contribution >= 4 is 78.2 Å². The second-order valence-electron chi connectivity index (χ2n) is 8.01. The SMILES string of the molecule is Cc1ccc(/C=C/c2nc3ccc4c(ccc5nc(/C=C/c6ccccc6)sc54)c3s2)cc1. The van der Waals surface area contributed by atoms with E-state index in [0.29, 0.717) is 0 Å². The van der Waals surface area contributed by atoms with Crippen molar-refractivity contribution < 1.29 is 0 Å². The summed E-state index contributed by atoms with van der Waals surface area (Å²) in [5.74, 6) is 0. The molecule has 0 aliphatic heterocycles. The fraction of sp³-hybridized carbons (Fsp3) is 0.0345. The van der Waals surface area contributed by atoms with Gasteiger partial charge >= 0.3 is 0 Å². The minimum Gasteiger partial charge on any atom is -0.237 e. The van der Waals surface area contributed by atoms with Gasteiger partial charge in [0.15, 0.2) is 0 Å². The molecule has 2 heterocycles. The molecule has 0 saturated heterocycles. The van der Waals surface area contributed by atoms with Crippen LogP contribution in [0.4, 0.5) is 0 Å². The minimum atomic E-state index is 1.02. The molecule has 33 heavy (non-hydrogen) atoms. The van der Waals surface area contributed by atoms with Crippen LogP contribution in [0.15, 0.2) is 78.9 Å². The molecule has 4 heteroatoms. The van der Waals surface area contributed by atoms with E-state index in [4.69, 9.17) is 9.97 Å². The first-order valence-electron chi connectivity index (χ1n) is 10.8. The first-order chi connectivity index (χ1) is 16.2. The van der Waals surface area contributed by atoms with Crippen molar-refractivity contribution in [2.75, 3.05) is 0 Å². The molecule has 0 N–H and O–H groups in total. The third-order valence-corrected chi connectivity index (χ3v) is 7.79. The first-order valence-corrected chi connectivity index (χ1v) is 12.5. The highest BCUT2D eigenvalue weighted by Gasteiger charge is 2.11. The van der Waals surface area contributed by atoms with Crippen molar-refractivity contribution in [2.45, 2.75) is 6.92 Å². The average molecular weight is 461 g/mol. The van der Waals surface area contributed by atoms with Gasteiger partial charge in [0.25, 0.3) is 0 Å². The highest BCUT2D eigenvalue weighted by atomic mass is 32.1. The van der Waals surface area contributed by atoms with Crippen molar-refractivity contribution in [3.63, 3.8) is 0 Å². The lowest BCUT2D eigenvalue weighted by Crippen LogP contribution is -1.76. The summed E-state index contributed by atoms with van der Waals surface area (Å²) in [6, 6.07) is 27.5. The van der Waals surface area contributed by atoms with Gasteiger partial charge in [-0.15, -0.1) is 22.7 Å². The zero-order valence-corrected chi connectivity index (χ0v) is 19.7. The summed E-state index contributed by atoms with van der Waals surface area (Å²) >= 11 is 3.49. The maximum Gasteiger partial charge on any atom is 0.117 e. The van der Waals surface area contributed by atoms with Crippen LogP contribution >= 0.6 is 22.7 Å². The fourth-order valence-electron chi connectivity index (χ4n) is 3.93. The summed E-state index contributed by atoms with van der Waals surface area (Å²) in [5, 5.41) is 4.53. The second-order valence-corrected chi connectivity index (χ2v) is 10.1. The molecule has 2 nitrogen and oxygen atoms in total. The molecule has 0 spiro atoms. The van der Waals surface area contributed by atoms with E-state index >= 15 is 0 Å². The molecule has 0 unspecified atom stereocenters. The normalized spacial score (nSPS) is 12.2. The Morgan fingerprint density at radius 3 is 1.61 bits per heavy atom. The summed E-state index contributed by atoms with van der Waals surface area (Å²) in [4.78, 5) is 9.69. The smallest absolute Gasteiger partial charge is 0.117 e. The number of hydrogen-bond acceptors (Lipinski definition) is 4. The number of rotatable bonds is 4. The van der Waals surface area contributed by atoms with E-state index in [1.807, 2.05) is 6.07 Å². The Morgan fingerprint density at radius 2 is 1.06 bits per heavy atom. The van der Waals surface area contributed by atoms with Gasteiger partial charge in [0.1, 0.15) is 10.0 Å². The van der Waals surface area contributed by atoms with Gasteiger partial charge in [-0.1, -0.05) is 84.4 Å². The molecule has 6 rings (SSSR count). The van der Waals surface area contributed by atoms with Crippen molar-refractivity contribution in [1.82, 2.24) is 9.97 Å². The second kappa shape index (κ2) is 8.39. The summed E-state index contributed by atoms with van der Waals surface area (Å²) < 4.78 is 2.46. The maximum atomic E-state index is 4.85. The lowest BCUT2D eigenvalue weighted by Gasteiger charge is -1.99. The molecule has 2 aromatic heterocycles. The van der Waals surface area contributed by atoms with E-state index in [2.05, 4.69) is 104 Å². The van der Waals surface area contributed by atoms with Gasteiger partial charge in [-0.2, -0.15) is 0 Å². The Kier molecular flexibility index (Phi) is 5.10. The Hall–Kier alpha value is -3.60. The van der Waals surface area contributed by atoms with Gasteiger partial charge in [0.2, 0.25) is 0 Å². The summed E-state index contributed by atoms with van der Waals surface area (Å²) in [5.41, 5.74) is 5.73. The third-order valence-electron chi connectivity index (χ3n) is 5.65. The molecule has 6 aromatic rings. The van der Waals surface area contributed by atoms with Gasteiger partial charge in [-0.25, -0.2) is 9.97 Å². The number of hydrogen-bond donors (Lipinski definition) is 0. The van der Waals surface area contributed by atoms with E-state index in [-0.39, 0.29) is 0 Å². The van der Waals surface area contributed by atoms with Crippen molar-refractivity contribution in [1.29, 1.82) is 0 Å². The van der Waals surface area contributed by atoms with Gasteiger partial charge < -0.3 is 0 Å². The molecule has 4 aromatic carbocycles. The largest absolute Gasteiger partial charge is 0.237 e. The molecule has 158 valence electrons. The van der Waals surface area contributed by atoms with E-state index in [1.165, 1.54) is 36.9 Å². The van der Waals surface area contributed by atoms with E-state index in [1.54, 1.807) is 22.7 Å². The molecular formula is C29H20N2S2. The summed E-state index contributed by atoms with van der Waals surface area (Å²) in [6.07, 6.45) is 8.46. The van der Waals surface area contributed by atoms with Crippen LogP contribution in [0, 0.1) is 6.92 Å². The van der Waals surface area contributed by atoms with Crippen LogP contribution in [0.25, 0.3) is 55.5 Å². The van der Waals surface area contributed by atoms with E-state index < -0.39 is 0 Å². The predicted octanol–water partition coefficient (Wildman–Crippen LogP) is 8.71. The van der Waals surface area contributed by atoms with Crippen molar-refractivity contribution in [2.24, 2.45) is 0 Å². The molecule has 0 amide bonds. The maximum absolute atomic E-state index is 4.85. The Morgan fingerprint density at radius 1 is 0.545 bits per heavy atom. The summed E-state index contributed by atoms with van der Waals surface area (Å²) in [7, 11) is 0. The first kappa shape index (κ1) is 20.0. The summed E-state index contributed by atoms with van der Waals surface area (Å²) in [6.45, 7) is 2.11. The van der Waals surface area contributed by atoms with Crippen LogP contribution in [-0.2, 0) is 0 Å². The fourth-order valence-corrected chi connectivity index (χ4v) is 5.92. The monoisotopic (exact) mass is 460 g/mol. The molecule has 0 aliphatic rings. The standard InChI is InChI=1S/C29H20N2S2/c1-19-7-9-21(10-8-19)12-18-27-31-25-16-14-22-23(29(25)33-27)13-15-24-28(22)32-26(30-24)17-11-20-5-3-2-4-6-20/h2-18H,1H3/b17-11+,18-12+. The lowest BCUT2D eigenvalue weighted by molar-refractivity contribution is 1.46. The van der Waals surface area contributed by atoms with Gasteiger partial charge in [0, 0.05) is 10.8 Å². The molecule has 0 atom stereocenters. The topological polar surface area (TPSA) is 25.8 Å². The molecule has 0 aliphatic carbocycles. The molecule has 0 fully saturated rings. The number of aryl methyl sites for hydroxylation is 1. The van der Waals surface area contributed by atoms with Crippen LogP contribution < -0.4 is 0 Å². The quantitative estimate of drug-likeness (QED) is 0.263. The van der Waals surface area contributed by atoms with Crippen LogP contribution in [0.1, 0.15) is 26.7 Å². The van der Waals surface area contributed by atoms with E-state index in [0.717, 1.165) is 21.0 Å². The number of benzene rings is 4. The highest BCUT2D eigenvalue weighted by molar-refractivity contribution is 7.21. The average Bonchev–Trinajstić information content (AvgIpc) is 3.46. The van der Waals surface area contributed by atoms with Crippen LogP contribution in [0.2, 0.25) is 0 Å². The molecular weight excluding hydrogens is 440 g/mol.